The van der Waals surface area contributed by atoms with Crippen LogP contribution in [0.1, 0.15) is 51.9 Å². The minimum Gasteiger partial charge on any atom is -0.394 e. The van der Waals surface area contributed by atoms with Gasteiger partial charge in [0.15, 0.2) is 12.2 Å². The van der Waals surface area contributed by atoms with E-state index in [1.807, 2.05) is 0 Å². The molecule has 5 N–H and O–H groups in total. The van der Waals surface area contributed by atoms with Gasteiger partial charge in [0.05, 0.1) is 19.8 Å². The van der Waals surface area contributed by atoms with Gasteiger partial charge in [0.25, 0.3) is 11.8 Å². The molecule has 0 saturated carbocycles. The molecule has 2 rings (SSSR count). The lowest BCUT2D eigenvalue weighted by Gasteiger charge is -2.43. The standard InChI is InChI=1S/C21H38N2O9/c1-2-3-4-5-6-7-8-9-22-19(27)17-15-16(30-13-31-17)18(32-14-29-15)20(28)23-21(10-24,11-25)12-26/h15-18,24-26H,2-14H2,1H3,(H,22,27)(H,23,28)/t15-,16-,17-,18+/m0/s1. The number of aliphatic hydroxyl groups excluding tert-OH is 3. The Balaban J connectivity index is 1.86. The molecular weight excluding hydrogens is 424 g/mol. The van der Waals surface area contributed by atoms with Crippen molar-refractivity contribution >= 4 is 11.8 Å². The molecule has 2 aliphatic rings. The summed E-state index contributed by atoms with van der Waals surface area (Å²) in [5, 5.41) is 33.6. The molecule has 4 atom stereocenters. The van der Waals surface area contributed by atoms with Crippen LogP contribution in [0.5, 0.6) is 0 Å². The van der Waals surface area contributed by atoms with Crippen molar-refractivity contribution in [2.45, 2.75) is 81.8 Å². The van der Waals surface area contributed by atoms with Gasteiger partial charge in [-0.05, 0) is 6.42 Å². The highest BCUT2D eigenvalue weighted by Gasteiger charge is 2.50. The number of fused-ring (bicyclic) bond motifs is 1. The van der Waals surface area contributed by atoms with Crippen LogP contribution in [0.25, 0.3) is 0 Å². The zero-order valence-corrected chi connectivity index (χ0v) is 18.8. The van der Waals surface area contributed by atoms with E-state index in [9.17, 15) is 24.9 Å². The van der Waals surface area contributed by atoms with Crippen molar-refractivity contribution in [3.05, 3.63) is 0 Å². The lowest BCUT2D eigenvalue weighted by atomic mass is 9.97. The molecule has 2 saturated heterocycles. The zero-order valence-electron chi connectivity index (χ0n) is 18.8. The van der Waals surface area contributed by atoms with Crippen LogP contribution in [-0.2, 0) is 28.5 Å². The van der Waals surface area contributed by atoms with Crippen LogP contribution >= 0.6 is 0 Å². The van der Waals surface area contributed by atoms with Crippen LogP contribution in [0.4, 0.5) is 0 Å². The van der Waals surface area contributed by atoms with Gasteiger partial charge >= 0.3 is 0 Å². The Labute approximate surface area is 188 Å². The summed E-state index contributed by atoms with van der Waals surface area (Å²) in [6.07, 6.45) is 4.04. The van der Waals surface area contributed by atoms with E-state index < -0.39 is 55.7 Å². The van der Waals surface area contributed by atoms with E-state index in [2.05, 4.69) is 17.6 Å². The topological polar surface area (TPSA) is 156 Å². The van der Waals surface area contributed by atoms with Crippen LogP contribution in [0.15, 0.2) is 0 Å². The van der Waals surface area contributed by atoms with Crippen molar-refractivity contribution < 1.29 is 43.9 Å². The van der Waals surface area contributed by atoms with Crippen molar-refractivity contribution in [3.63, 3.8) is 0 Å². The molecule has 32 heavy (non-hydrogen) atoms. The molecule has 0 aromatic rings. The number of nitrogens with one attached hydrogen (secondary N) is 2. The minimum absolute atomic E-state index is 0.224. The maximum atomic E-state index is 12.7. The van der Waals surface area contributed by atoms with Crippen molar-refractivity contribution in [1.29, 1.82) is 0 Å². The monoisotopic (exact) mass is 462 g/mol. The minimum atomic E-state index is -1.60. The third-order valence-electron chi connectivity index (χ3n) is 5.83. The number of hydrogen-bond donors (Lipinski definition) is 5. The predicted molar refractivity (Wildman–Crippen MR) is 112 cm³/mol. The molecule has 11 heteroatoms. The molecule has 0 radical (unpaired) electrons. The number of hydrogen-bond acceptors (Lipinski definition) is 9. The molecule has 0 spiro atoms. The van der Waals surface area contributed by atoms with Crippen LogP contribution in [-0.4, -0.2) is 97.0 Å². The first-order valence-electron chi connectivity index (χ1n) is 11.4. The fourth-order valence-electron chi connectivity index (χ4n) is 3.73. The Bertz CT molecular complexity index is 565. The van der Waals surface area contributed by atoms with Gasteiger partial charge in [-0.15, -0.1) is 0 Å². The van der Waals surface area contributed by atoms with Crippen LogP contribution < -0.4 is 10.6 Å². The molecule has 11 nitrogen and oxygen atoms in total. The average Bonchev–Trinajstić information content (AvgIpc) is 2.83. The normalized spacial score (nSPS) is 25.8. The molecule has 2 heterocycles. The molecule has 2 fully saturated rings. The molecule has 0 unspecified atom stereocenters. The van der Waals surface area contributed by atoms with Crippen LogP contribution in [0.3, 0.4) is 0 Å². The van der Waals surface area contributed by atoms with E-state index >= 15 is 0 Å². The molecule has 2 aliphatic heterocycles. The Hall–Kier alpha value is -1.34. The maximum Gasteiger partial charge on any atom is 0.252 e. The summed E-state index contributed by atoms with van der Waals surface area (Å²) < 4.78 is 21.9. The Morgan fingerprint density at radius 3 is 1.81 bits per heavy atom. The van der Waals surface area contributed by atoms with Crippen molar-refractivity contribution in [3.8, 4) is 0 Å². The first kappa shape index (κ1) is 26.9. The number of rotatable bonds is 14. The highest BCUT2D eigenvalue weighted by molar-refractivity contribution is 5.84. The third-order valence-corrected chi connectivity index (χ3v) is 5.83. The smallest absolute Gasteiger partial charge is 0.252 e. The van der Waals surface area contributed by atoms with Crippen LogP contribution in [0, 0.1) is 0 Å². The van der Waals surface area contributed by atoms with Crippen molar-refractivity contribution in [1.82, 2.24) is 10.6 Å². The molecule has 0 aliphatic carbocycles. The summed E-state index contributed by atoms with van der Waals surface area (Å²) >= 11 is 0. The predicted octanol–water partition coefficient (Wildman–Crippen LogP) is -0.832. The number of aliphatic hydroxyl groups is 3. The molecular formula is C21H38N2O9. The van der Waals surface area contributed by atoms with Crippen molar-refractivity contribution in [2.24, 2.45) is 0 Å². The quantitative estimate of drug-likeness (QED) is 0.208. The number of carbonyl (C=O) groups is 2. The van der Waals surface area contributed by atoms with E-state index in [1.54, 1.807) is 0 Å². The molecule has 0 aromatic heterocycles. The summed E-state index contributed by atoms with van der Waals surface area (Å²) in [4.78, 5) is 25.4. The van der Waals surface area contributed by atoms with E-state index in [1.165, 1.54) is 25.7 Å². The van der Waals surface area contributed by atoms with Gasteiger partial charge in [0.2, 0.25) is 0 Å². The highest BCUT2D eigenvalue weighted by Crippen LogP contribution is 2.26. The lowest BCUT2D eigenvalue weighted by Crippen LogP contribution is -2.66. The van der Waals surface area contributed by atoms with Gasteiger partial charge in [-0.1, -0.05) is 45.4 Å². The van der Waals surface area contributed by atoms with Gasteiger partial charge in [-0.3, -0.25) is 9.59 Å². The molecule has 0 aromatic carbocycles. The Kier molecular flexibility index (Phi) is 11.8. The number of unbranched alkanes of at least 4 members (excludes halogenated alkanes) is 6. The van der Waals surface area contributed by atoms with Gasteiger partial charge in [-0.25, -0.2) is 0 Å². The molecule has 186 valence electrons. The first-order chi connectivity index (χ1) is 15.5. The van der Waals surface area contributed by atoms with E-state index in [0.717, 1.165) is 19.3 Å². The second kappa shape index (κ2) is 14.0. The van der Waals surface area contributed by atoms with Gasteiger partial charge in [0, 0.05) is 6.54 Å². The fraction of sp³-hybridized carbons (Fsp3) is 0.905. The van der Waals surface area contributed by atoms with E-state index in [-0.39, 0.29) is 19.5 Å². The lowest BCUT2D eigenvalue weighted by molar-refractivity contribution is -0.311. The Morgan fingerprint density at radius 2 is 1.28 bits per heavy atom. The SMILES string of the molecule is CCCCCCCCCNC(=O)[C@H]1OCO[C@H]2[C@@H]1OCO[C@H]2C(=O)NC(CO)(CO)CO. The number of ether oxygens (including phenoxy) is 4. The van der Waals surface area contributed by atoms with E-state index in [0.29, 0.717) is 6.54 Å². The van der Waals surface area contributed by atoms with Gasteiger partial charge in [-0.2, -0.15) is 0 Å². The Morgan fingerprint density at radius 1 is 0.781 bits per heavy atom. The summed E-state index contributed by atoms with van der Waals surface area (Å²) in [7, 11) is 0. The summed E-state index contributed by atoms with van der Waals surface area (Å²) in [6.45, 7) is 0.207. The van der Waals surface area contributed by atoms with Crippen LogP contribution in [0.2, 0.25) is 0 Å². The number of amides is 2. The van der Waals surface area contributed by atoms with Gasteiger partial charge < -0.3 is 44.9 Å². The second-order valence-corrected chi connectivity index (χ2v) is 8.33. The van der Waals surface area contributed by atoms with Crippen molar-refractivity contribution in [2.75, 3.05) is 40.0 Å². The summed E-state index contributed by atoms with van der Waals surface area (Å²) in [6, 6.07) is 0. The largest absolute Gasteiger partial charge is 0.394 e. The summed E-state index contributed by atoms with van der Waals surface area (Å²) in [5.41, 5.74) is -1.60. The van der Waals surface area contributed by atoms with Gasteiger partial charge in [0.1, 0.15) is 31.3 Å². The fourth-order valence-corrected chi connectivity index (χ4v) is 3.73. The second-order valence-electron chi connectivity index (χ2n) is 8.33. The zero-order chi connectivity index (χ0) is 23.4. The molecule has 2 amide bonds. The molecule has 0 bridgehead atoms. The first-order valence-corrected chi connectivity index (χ1v) is 11.4. The summed E-state index contributed by atoms with van der Waals surface area (Å²) in [5.74, 6) is -1.05. The third kappa shape index (κ3) is 7.34. The van der Waals surface area contributed by atoms with E-state index in [4.69, 9.17) is 18.9 Å². The number of carbonyl (C=O) groups excluding carboxylic acids is 2. The highest BCUT2D eigenvalue weighted by atomic mass is 16.8. The average molecular weight is 463 g/mol. The maximum absolute atomic E-state index is 12.7.